The van der Waals surface area contributed by atoms with Gasteiger partial charge in [0.1, 0.15) is 12.4 Å². The minimum atomic E-state index is -0.0200. The van der Waals surface area contributed by atoms with Crippen molar-refractivity contribution in [2.75, 3.05) is 5.73 Å². The van der Waals surface area contributed by atoms with Gasteiger partial charge in [0.15, 0.2) is 0 Å². The molecule has 0 saturated heterocycles. The molecule has 0 bridgehead atoms. The Labute approximate surface area is 119 Å². The highest BCUT2D eigenvalue weighted by Gasteiger charge is 2.27. The Morgan fingerprint density at radius 1 is 1.25 bits per heavy atom. The number of hydrogen-bond donors (Lipinski definition) is 2. The van der Waals surface area contributed by atoms with Crippen LogP contribution in [0.1, 0.15) is 45.0 Å². The topological polar surface area (TPSA) is 64.1 Å². The van der Waals surface area contributed by atoms with Crippen LogP contribution in [0, 0.1) is 11.8 Å². The lowest BCUT2D eigenvalue weighted by Crippen LogP contribution is -2.24. The van der Waals surface area contributed by atoms with Gasteiger partial charge >= 0.3 is 0 Å². The van der Waals surface area contributed by atoms with Gasteiger partial charge in [-0.05, 0) is 49.3 Å². The fourth-order valence-electron chi connectivity index (χ4n) is 3.80. The highest BCUT2D eigenvalue weighted by atomic mass is 16.3. The molecule has 3 N–H and O–H groups in total. The lowest BCUT2D eigenvalue weighted by Gasteiger charge is -2.33. The molecule has 1 heterocycles. The maximum absolute atomic E-state index is 9.64. The van der Waals surface area contributed by atoms with Crippen LogP contribution < -0.4 is 5.73 Å². The molecule has 1 aliphatic rings. The lowest BCUT2D eigenvalue weighted by atomic mass is 9.80. The van der Waals surface area contributed by atoms with Crippen molar-refractivity contribution in [3.8, 4) is 0 Å². The highest BCUT2D eigenvalue weighted by Crippen LogP contribution is 2.38. The second-order valence-corrected chi connectivity index (χ2v) is 6.38. The van der Waals surface area contributed by atoms with E-state index in [0.29, 0.717) is 6.04 Å². The molecule has 1 aromatic heterocycles. The average Bonchev–Trinajstić information content (AvgIpc) is 2.74. The van der Waals surface area contributed by atoms with E-state index in [1.54, 1.807) is 0 Å². The molecule has 0 spiro atoms. The summed E-state index contributed by atoms with van der Waals surface area (Å²) in [5.41, 5.74) is 8.54. The molecule has 0 aliphatic heterocycles. The standard InChI is InChI=1S/C16H23N3O/c1-10-5-11(2)7-13(6-10)19-15-4-3-12(17)8-14(15)18-16(19)9-20/h3-4,8,10-11,13,20H,5-7,9,17H2,1-2H3. The third-order valence-corrected chi connectivity index (χ3v) is 4.45. The first-order chi connectivity index (χ1) is 9.58. The van der Waals surface area contributed by atoms with Gasteiger partial charge in [-0.2, -0.15) is 0 Å². The number of imidazole rings is 1. The van der Waals surface area contributed by atoms with E-state index in [1.807, 2.05) is 18.2 Å². The van der Waals surface area contributed by atoms with Crippen LogP contribution in [-0.4, -0.2) is 14.7 Å². The number of hydrogen-bond acceptors (Lipinski definition) is 3. The quantitative estimate of drug-likeness (QED) is 0.826. The molecular weight excluding hydrogens is 250 g/mol. The molecular formula is C16H23N3O. The summed E-state index contributed by atoms with van der Waals surface area (Å²) in [4.78, 5) is 4.55. The SMILES string of the molecule is CC1CC(C)CC(n2c(CO)nc3cc(N)ccc32)C1. The predicted molar refractivity (Wildman–Crippen MR) is 81.3 cm³/mol. The molecule has 1 aliphatic carbocycles. The molecule has 108 valence electrons. The van der Waals surface area contributed by atoms with Crippen molar-refractivity contribution in [1.29, 1.82) is 0 Å². The fourth-order valence-corrected chi connectivity index (χ4v) is 3.80. The molecule has 2 unspecified atom stereocenters. The van der Waals surface area contributed by atoms with Crippen LogP contribution in [0.4, 0.5) is 5.69 Å². The molecule has 0 radical (unpaired) electrons. The summed E-state index contributed by atoms with van der Waals surface area (Å²) in [5.74, 6) is 2.21. The van der Waals surface area contributed by atoms with Gasteiger partial charge in [-0.1, -0.05) is 13.8 Å². The Bertz CT molecular complexity index is 609. The molecule has 4 heteroatoms. The smallest absolute Gasteiger partial charge is 0.135 e. The number of nitrogens with zero attached hydrogens (tertiary/aromatic N) is 2. The minimum Gasteiger partial charge on any atom is -0.399 e. The van der Waals surface area contributed by atoms with Crippen LogP contribution >= 0.6 is 0 Å². The largest absolute Gasteiger partial charge is 0.399 e. The summed E-state index contributed by atoms with van der Waals surface area (Å²) in [7, 11) is 0. The molecule has 1 aromatic carbocycles. The van der Waals surface area contributed by atoms with Crippen molar-refractivity contribution < 1.29 is 5.11 Å². The van der Waals surface area contributed by atoms with Crippen LogP contribution in [0.25, 0.3) is 11.0 Å². The molecule has 4 nitrogen and oxygen atoms in total. The van der Waals surface area contributed by atoms with E-state index >= 15 is 0 Å². The van der Waals surface area contributed by atoms with Gasteiger partial charge in [0.25, 0.3) is 0 Å². The number of aliphatic hydroxyl groups excluding tert-OH is 1. The first-order valence-electron chi connectivity index (χ1n) is 7.45. The number of nitrogens with two attached hydrogens (primary N) is 1. The number of fused-ring (bicyclic) bond motifs is 1. The molecule has 3 rings (SSSR count). The maximum atomic E-state index is 9.64. The number of aromatic nitrogens is 2. The Morgan fingerprint density at radius 2 is 1.95 bits per heavy atom. The van der Waals surface area contributed by atoms with Crippen molar-refractivity contribution in [3.05, 3.63) is 24.0 Å². The van der Waals surface area contributed by atoms with Crippen molar-refractivity contribution in [3.63, 3.8) is 0 Å². The number of benzene rings is 1. The molecule has 1 saturated carbocycles. The summed E-state index contributed by atoms with van der Waals surface area (Å²) >= 11 is 0. The van der Waals surface area contributed by atoms with Crippen molar-refractivity contribution in [2.45, 2.75) is 45.8 Å². The van der Waals surface area contributed by atoms with Crippen molar-refractivity contribution in [1.82, 2.24) is 9.55 Å². The van der Waals surface area contributed by atoms with Crippen molar-refractivity contribution >= 4 is 16.7 Å². The van der Waals surface area contributed by atoms with Gasteiger partial charge in [-0.15, -0.1) is 0 Å². The van der Waals surface area contributed by atoms with E-state index in [2.05, 4.69) is 23.4 Å². The second-order valence-electron chi connectivity index (χ2n) is 6.38. The molecule has 2 aromatic rings. The summed E-state index contributed by atoms with van der Waals surface area (Å²) in [6.45, 7) is 4.62. The third-order valence-electron chi connectivity index (χ3n) is 4.45. The molecule has 20 heavy (non-hydrogen) atoms. The summed E-state index contributed by atoms with van der Waals surface area (Å²) in [6, 6.07) is 6.27. The first-order valence-corrected chi connectivity index (χ1v) is 7.45. The predicted octanol–water partition coefficient (Wildman–Crippen LogP) is 3.11. The fraction of sp³-hybridized carbons (Fsp3) is 0.562. The van der Waals surface area contributed by atoms with E-state index in [0.717, 1.165) is 47.2 Å². The van der Waals surface area contributed by atoms with E-state index in [4.69, 9.17) is 5.73 Å². The molecule has 0 amide bonds. The van der Waals surface area contributed by atoms with Gasteiger partial charge in [0.05, 0.1) is 11.0 Å². The summed E-state index contributed by atoms with van der Waals surface area (Å²) in [5, 5.41) is 9.64. The van der Waals surface area contributed by atoms with Crippen LogP contribution in [0.5, 0.6) is 0 Å². The Balaban J connectivity index is 2.09. The average molecular weight is 273 g/mol. The monoisotopic (exact) mass is 273 g/mol. The van der Waals surface area contributed by atoms with Gasteiger partial charge in [0, 0.05) is 11.7 Å². The molecule has 2 atom stereocenters. The Kier molecular flexibility index (Phi) is 3.42. The normalized spacial score (nSPS) is 27.1. The van der Waals surface area contributed by atoms with Crippen LogP contribution in [-0.2, 0) is 6.61 Å². The zero-order chi connectivity index (χ0) is 14.3. The van der Waals surface area contributed by atoms with Gasteiger partial charge < -0.3 is 15.4 Å². The van der Waals surface area contributed by atoms with Crippen LogP contribution in [0.2, 0.25) is 0 Å². The number of nitrogen functional groups attached to an aromatic ring is 1. The number of rotatable bonds is 2. The first kappa shape index (κ1) is 13.4. The summed E-state index contributed by atoms with van der Waals surface area (Å²) < 4.78 is 2.24. The van der Waals surface area contributed by atoms with Crippen molar-refractivity contribution in [2.24, 2.45) is 11.8 Å². The minimum absolute atomic E-state index is 0.0200. The highest BCUT2D eigenvalue weighted by molar-refractivity contribution is 5.79. The zero-order valence-corrected chi connectivity index (χ0v) is 12.2. The van der Waals surface area contributed by atoms with E-state index in [9.17, 15) is 5.11 Å². The van der Waals surface area contributed by atoms with Crippen LogP contribution in [0.15, 0.2) is 18.2 Å². The Morgan fingerprint density at radius 3 is 2.60 bits per heavy atom. The van der Waals surface area contributed by atoms with E-state index in [-0.39, 0.29) is 6.61 Å². The second kappa shape index (κ2) is 5.09. The Hall–Kier alpha value is -1.55. The lowest BCUT2D eigenvalue weighted by molar-refractivity contribution is 0.206. The summed E-state index contributed by atoms with van der Waals surface area (Å²) in [6.07, 6.45) is 3.62. The third kappa shape index (κ3) is 2.29. The molecule has 1 fully saturated rings. The van der Waals surface area contributed by atoms with Gasteiger partial charge in [-0.25, -0.2) is 4.98 Å². The van der Waals surface area contributed by atoms with E-state index < -0.39 is 0 Å². The number of anilines is 1. The van der Waals surface area contributed by atoms with Gasteiger partial charge in [-0.3, -0.25) is 0 Å². The zero-order valence-electron chi connectivity index (χ0n) is 12.2. The van der Waals surface area contributed by atoms with Gasteiger partial charge in [0.2, 0.25) is 0 Å². The number of aliphatic hydroxyl groups is 1. The van der Waals surface area contributed by atoms with Crippen LogP contribution in [0.3, 0.4) is 0 Å². The van der Waals surface area contributed by atoms with E-state index in [1.165, 1.54) is 6.42 Å². The maximum Gasteiger partial charge on any atom is 0.135 e.